The number of anilines is 1. The van der Waals surface area contributed by atoms with Crippen molar-refractivity contribution in [3.05, 3.63) is 58.7 Å². The van der Waals surface area contributed by atoms with Crippen LogP contribution in [-0.4, -0.2) is 32.6 Å². The average Bonchev–Trinajstić information content (AvgIpc) is 3.27. The first-order valence-electron chi connectivity index (χ1n) is 8.35. The molecule has 4 heterocycles. The molecule has 0 N–H and O–H groups in total. The van der Waals surface area contributed by atoms with Crippen LogP contribution < -0.4 is 4.90 Å². The maximum atomic E-state index is 4.66. The smallest absolute Gasteiger partial charge is 0.128 e. The standard InChI is InChI=1S/C18H21N5S/c1-14-4-5-19-17(9-14)22-7-2-3-15(10-22)18-20-6-8-23(18)11-16-12-24-13-21-16/h4-6,8-9,12-13,15H,2-3,7,10-11H2,1H3/t15-/m0/s1. The lowest BCUT2D eigenvalue weighted by molar-refractivity contribution is 0.473. The van der Waals surface area contributed by atoms with Crippen LogP contribution in [0.25, 0.3) is 0 Å². The number of nitrogens with zero attached hydrogens (tertiary/aromatic N) is 5. The predicted octanol–water partition coefficient (Wildman–Crippen LogP) is 3.48. The van der Waals surface area contributed by atoms with Crippen molar-refractivity contribution >= 4 is 17.2 Å². The van der Waals surface area contributed by atoms with Gasteiger partial charge in [-0.1, -0.05) is 0 Å². The van der Waals surface area contributed by atoms with E-state index in [4.69, 9.17) is 0 Å². The van der Waals surface area contributed by atoms with Crippen molar-refractivity contribution in [3.8, 4) is 0 Å². The molecule has 1 aliphatic heterocycles. The number of thiazole rings is 1. The van der Waals surface area contributed by atoms with E-state index in [-0.39, 0.29) is 0 Å². The molecule has 0 bridgehead atoms. The molecule has 0 saturated carbocycles. The van der Waals surface area contributed by atoms with Crippen LogP contribution in [0.15, 0.2) is 41.6 Å². The van der Waals surface area contributed by atoms with Crippen LogP contribution in [-0.2, 0) is 6.54 Å². The third-order valence-corrected chi connectivity index (χ3v) is 5.21. The number of piperidine rings is 1. The van der Waals surface area contributed by atoms with Gasteiger partial charge in [0, 0.05) is 43.0 Å². The molecule has 0 unspecified atom stereocenters. The van der Waals surface area contributed by atoms with Gasteiger partial charge in [0.05, 0.1) is 17.7 Å². The van der Waals surface area contributed by atoms with Crippen molar-refractivity contribution in [3.63, 3.8) is 0 Å². The minimum atomic E-state index is 0.440. The maximum Gasteiger partial charge on any atom is 0.128 e. The van der Waals surface area contributed by atoms with Gasteiger partial charge < -0.3 is 9.47 Å². The van der Waals surface area contributed by atoms with Crippen LogP contribution in [0.1, 0.15) is 35.8 Å². The predicted molar refractivity (Wildman–Crippen MR) is 96.6 cm³/mol. The molecule has 3 aromatic rings. The van der Waals surface area contributed by atoms with Gasteiger partial charge in [-0.05, 0) is 37.5 Å². The number of pyridine rings is 1. The van der Waals surface area contributed by atoms with Crippen LogP contribution in [0.3, 0.4) is 0 Å². The summed E-state index contributed by atoms with van der Waals surface area (Å²) in [5.41, 5.74) is 4.25. The molecule has 24 heavy (non-hydrogen) atoms. The lowest BCUT2D eigenvalue weighted by Crippen LogP contribution is -2.36. The van der Waals surface area contributed by atoms with Crippen molar-refractivity contribution in [1.29, 1.82) is 0 Å². The van der Waals surface area contributed by atoms with Gasteiger partial charge in [0.1, 0.15) is 11.6 Å². The molecule has 3 aromatic heterocycles. The van der Waals surface area contributed by atoms with Gasteiger partial charge in [-0.3, -0.25) is 0 Å². The van der Waals surface area contributed by atoms with E-state index in [9.17, 15) is 0 Å². The molecular formula is C18H21N5S. The zero-order valence-corrected chi connectivity index (χ0v) is 14.6. The fourth-order valence-electron chi connectivity index (χ4n) is 3.39. The maximum absolute atomic E-state index is 4.66. The number of aryl methyl sites for hydroxylation is 1. The summed E-state index contributed by atoms with van der Waals surface area (Å²) in [5, 5.41) is 2.10. The Morgan fingerprint density at radius 1 is 1.25 bits per heavy atom. The molecular weight excluding hydrogens is 318 g/mol. The molecule has 1 atom stereocenters. The van der Waals surface area contributed by atoms with Gasteiger partial charge in [-0.15, -0.1) is 11.3 Å². The number of hydrogen-bond donors (Lipinski definition) is 0. The fraction of sp³-hybridized carbons (Fsp3) is 0.389. The molecule has 6 heteroatoms. The quantitative estimate of drug-likeness (QED) is 0.730. The number of hydrogen-bond acceptors (Lipinski definition) is 5. The summed E-state index contributed by atoms with van der Waals surface area (Å²) < 4.78 is 2.24. The molecule has 124 valence electrons. The second-order valence-electron chi connectivity index (χ2n) is 6.37. The van der Waals surface area contributed by atoms with Crippen LogP contribution >= 0.6 is 11.3 Å². The van der Waals surface area contributed by atoms with E-state index in [1.165, 1.54) is 24.2 Å². The Morgan fingerprint density at radius 3 is 3.04 bits per heavy atom. The molecule has 4 rings (SSSR count). The van der Waals surface area contributed by atoms with E-state index in [0.29, 0.717) is 5.92 Å². The highest BCUT2D eigenvalue weighted by Crippen LogP contribution is 2.29. The van der Waals surface area contributed by atoms with Crippen LogP contribution in [0.4, 0.5) is 5.82 Å². The molecule has 0 amide bonds. The lowest BCUT2D eigenvalue weighted by Gasteiger charge is -2.33. The molecule has 5 nitrogen and oxygen atoms in total. The first-order valence-corrected chi connectivity index (χ1v) is 9.29. The number of rotatable bonds is 4. The normalized spacial score (nSPS) is 18.0. The first kappa shape index (κ1) is 15.3. The zero-order valence-electron chi connectivity index (χ0n) is 13.8. The average molecular weight is 339 g/mol. The van der Waals surface area contributed by atoms with Crippen LogP contribution in [0, 0.1) is 6.92 Å². The highest BCUT2D eigenvalue weighted by Gasteiger charge is 2.25. The minimum Gasteiger partial charge on any atom is -0.356 e. The highest BCUT2D eigenvalue weighted by molar-refractivity contribution is 7.07. The van der Waals surface area contributed by atoms with Gasteiger partial charge in [0.2, 0.25) is 0 Å². The topological polar surface area (TPSA) is 46.8 Å². The van der Waals surface area contributed by atoms with Gasteiger partial charge >= 0.3 is 0 Å². The molecule has 0 aliphatic carbocycles. The molecule has 0 aromatic carbocycles. The Kier molecular flexibility index (Phi) is 4.30. The van der Waals surface area contributed by atoms with Crippen molar-refractivity contribution in [2.45, 2.75) is 32.2 Å². The third-order valence-electron chi connectivity index (χ3n) is 4.58. The second kappa shape index (κ2) is 6.73. The third kappa shape index (κ3) is 3.19. The Hall–Kier alpha value is -2.21. The van der Waals surface area contributed by atoms with Gasteiger partial charge in [-0.25, -0.2) is 15.0 Å². The zero-order chi connectivity index (χ0) is 16.4. The molecule has 1 saturated heterocycles. The summed E-state index contributed by atoms with van der Waals surface area (Å²) >= 11 is 1.64. The van der Waals surface area contributed by atoms with E-state index in [0.717, 1.165) is 31.1 Å². The Labute approximate surface area is 146 Å². The summed E-state index contributed by atoms with van der Waals surface area (Å²) in [6.07, 6.45) is 8.22. The fourth-order valence-corrected chi connectivity index (χ4v) is 3.94. The summed E-state index contributed by atoms with van der Waals surface area (Å²) in [6.45, 7) is 4.97. The van der Waals surface area contributed by atoms with E-state index in [1.54, 1.807) is 11.3 Å². The summed E-state index contributed by atoms with van der Waals surface area (Å²) in [4.78, 5) is 16.0. The van der Waals surface area contributed by atoms with Crippen molar-refractivity contribution in [1.82, 2.24) is 19.5 Å². The van der Waals surface area contributed by atoms with E-state index in [1.807, 2.05) is 24.0 Å². The molecule has 1 aliphatic rings. The van der Waals surface area contributed by atoms with Crippen molar-refractivity contribution in [2.75, 3.05) is 18.0 Å². The minimum absolute atomic E-state index is 0.440. The van der Waals surface area contributed by atoms with Crippen molar-refractivity contribution < 1.29 is 0 Å². The Balaban J connectivity index is 1.53. The Bertz CT molecular complexity index is 795. The molecule has 0 spiro atoms. The van der Waals surface area contributed by atoms with E-state index >= 15 is 0 Å². The van der Waals surface area contributed by atoms with Gasteiger partial charge in [-0.2, -0.15) is 0 Å². The first-order chi connectivity index (χ1) is 11.8. The molecule has 0 radical (unpaired) electrons. The summed E-state index contributed by atoms with van der Waals surface area (Å²) in [6, 6.07) is 4.22. The van der Waals surface area contributed by atoms with Crippen molar-refractivity contribution in [2.24, 2.45) is 0 Å². The van der Waals surface area contributed by atoms with Crippen LogP contribution in [0.2, 0.25) is 0 Å². The van der Waals surface area contributed by atoms with Gasteiger partial charge in [0.15, 0.2) is 0 Å². The number of aromatic nitrogens is 4. The van der Waals surface area contributed by atoms with E-state index < -0.39 is 0 Å². The monoisotopic (exact) mass is 339 g/mol. The number of imidazole rings is 1. The molecule has 1 fully saturated rings. The SMILES string of the molecule is Cc1ccnc(N2CCC[C@H](c3nccn3Cc3cscn3)C2)c1. The second-order valence-corrected chi connectivity index (χ2v) is 7.09. The summed E-state index contributed by atoms with van der Waals surface area (Å²) in [7, 11) is 0. The highest BCUT2D eigenvalue weighted by atomic mass is 32.1. The van der Waals surface area contributed by atoms with Crippen LogP contribution in [0.5, 0.6) is 0 Å². The Morgan fingerprint density at radius 2 is 2.21 bits per heavy atom. The van der Waals surface area contributed by atoms with Gasteiger partial charge in [0.25, 0.3) is 0 Å². The lowest BCUT2D eigenvalue weighted by atomic mass is 9.97. The summed E-state index contributed by atoms with van der Waals surface area (Å²) in [5.74, 6) is 2.69. The largest absolute Gasteiger partial charge is 0.356 e. The van der Waals surface area contributed by atoms with E-state index in [2.05, 4.69) is 49.0 Å².